The van der Waals surface area contributed by atoms with E-state index in [2.05, 4.69) is 91.1 Å². The van der Waals surface area contributed by atoms with Crippen LogP contribution in [0.4, 0.5) is 11.4 Å². The third-order valence-corrected chi connectivity index (χ3v) is 4.26. The summed E-state index contributed by atoms with van der Waals surface area (Å²) in [7, 11) is 0. The lowest BCUT2D eigenvalue weighted by Crippen LogP contribution is -1.94. The molecule has 0 unspecified atom stereocenters. The molecule has 0 saturated carbocycles. The first-order valence-electron chi connectivity index (χ1n) is 7.56. The summed E-state index contributed by atoms with van der Waals surface area (Å²) >= 11 is 0. The third kappa shape index (κ3) is 2.11. The molecule has 0 saturated heterocycles. The summed E-state index contributed by atoms with van der Waals surface area (Å²) in [4.78, 5) is 0. The van der Waals surface area contributed by atoms with Gasteiger partial charge in [-0.2, -0.15) is 0 Å². The molecule has 1 N–H and O–H groups in total. The van der Waals surface area contributed by atoms with Crippen molar-refractivity contribution in [2.24, 2.45) is 0 Å². The van der Waals surface area contributed by atoms with E-state index in [0.29, 0.717) is 0 Å². The molecule has 0 radical (unpaired) electrons. The van der Waals surface area contributed by atoms with E-state index in [1.165, 1.54) is 27.1 Å². The molecule has 0 aromatic heterocycles. The average molecular weight is 283 g/mol. The number of hydrogen-bond acceptors (Lipinski definition) is 1. The third-order valence-electron chi connectivity index (χ3n) is 4.26. The van der Waals surface area contributed by atoms with E-state index in [0.717, 1.165) is 11.4 Å². The fourth-order valence-corrected chi connectivity index (χ4v) is 3.04. The maximum Gasteiger partial charge on any atom is 0.0463 e. The van der Waals surface area contributed by atoms with Crippen LogP contribution in [0.25, 0.3) is 21.5 Å². The van der Waals surface area contributed by atoms with Gasteiger partial charge >= 0.3 is 0 Å². The van der Waals surface area contributed by atoms with Crippen molar-refractivity contribution in [3.63, 3.8) is 0 Å². The summed E-state index contributed by atoms with van der Waals surface area (Å²) in [6, 6.07) is 27.7. The van der Waals surface area contributed by atoms with Gasteiger partial charge in [-0.3, -0.25) is 0 Å². The highest BCUT2D eigenvalue weighted by Crippen LogP contribution is 2.31. The summed E-state index contributed by atoms with van der Waals surface area (Å²) in [6.45, 7) is 2.18. The molecule has 1 heteroatoms. The molecular weight excluding hydrogens is 266 g/mol. The molecule has 22 heavy (non-hydrogen) atoms. The highest BCUT2D eigenvalue weighted by molar-refractivity contribution is 5.97. The summed E-state index contributed by atoms with van der Waals surface area (Å²) in [5.41, 5.74) is 3.59. The monoisotopic (exact) mass is 283 g/mol. The van der Waals surface area contributed by atoms with Crippen LogP contribution < -0.4 is 5.32 Å². The van der Waals surface area contributed by atoms with Crippen molar-refractivity contribution in [2.75, 3.05) is 5.32 Å². The van der Waals surface area contributed by atoms with Crippen molar-refractivity contribution in [1.29, 1.82) is 0 Å². The Labute approximate surface area is 130 Å². The molecule has 0 fully saturated rings. The first-order valence-corrected chi connectivity index (χ1v) is 7.56. The van der Waals surface area contributed by atoms with E-state index < -0.39 is 0 Å². The average Bonchev–Trinajstić information content (AvgIpc) is 2.58. The van der Waals surface area contributed by atoms with Gasteiger partial charge in [0.05, 0.1) is 0 Å². The van der Waals surface area contributed by atoms with Crippen LogP contribution in [0.3, 0.4) is 0 Å². The summed E-state index contributed by atoms with van der Waals surface area (Å²) in [5, 5.41) is 8.69. The van der Waals surface area contributed by atoms with Crippen molar-refractivity contribution < 1.29 is 0 Å². The fraction of sp³-hybridized carbons (Fsp3) is 0.0476. The zero-order valence-corrected chi connectivity index (χ0v) is 12.5. The molecule has 0 heterocycles. The predicted octanol–water partition coefficient (Wildman–Crippen LogP) is 6.05. The Balaban J connectivity index is 1.84. The van der Waals surface area contributed by atoms with Gasteiger partial charge in [-0.25, -0.2) is 0 Å². The number of benzene rings is 4. The Hall–Kier alpha value is -2.80. The molecular formula is C21H17N. The van der Waals surface area contributed by atoms with Crippen LogP contribution in [0, 0.1) is 6.92 Å². The molecule has 0 aliphatic heterocycles. The van der Waals surface area contributed by atoms with Crippen molar-refractivity contribution in [1.82, 2.24) is 0 Å². The standard InChI is InChI=1S/C21H17N/c1-15-18-10-4-2-8-17(18)13-14-20(15)22-21-12-6-9-16-7-3-5-11-19(16)21/h2-14,22H,1H3. The Bertz CT molecular complexity index is 964. The van der Waals surface area contributed by atoms with Gasteiger partial charge in [-0.15, -0.1) is 0 Å². The van der Waals surface area contributed by atoms with E-state index in [1.807, 2.05) is 0 Å². The molecule has 0 amide bonds. The molecule has 0 atom stereocenters. The lowest BCUT2D eigenvalue weighted by Gasteiger charge is -2.14. The Kier molecular flexibility index (Phi) is 3.05. The van der Waals surface area contributed by atoms with Crippen LogP contribution in [0.2, 0.25) is 0 Å². The maximum atomic E-state index is 3.61. The predicted molar refractivity (Wildman–Crippen MR) is 95.9 cm³/mol. The van der Waals surface area contributed by atoms with Gasteiger partial charge in [-0.05, 0) is 40.8 Å². The number of hydrogen-bond donors (Lipinski definition) is 1. The molecule has 0 bridgehead atoms. The van der Waals surface area contributed by atoms with Crippen molar-refractivity contribution in [3.8, 4) is 0 Å². The Morgan fingerprint density at radius 2 is 1.18 bits per heavy atom. The van der Waals surface area contributed by atoms with E-state index in [4.69, 9.17) is 0 Å². The molecule has 4 aromatic rings. The minimum absolute atomic E-state index is 1.15. The normalized spacial score (nSPS) is 11.0. The lowest BCUT2D eigenvalue weighted by atomic mass is 10.0. The van der Waals surface area contributed by atoms with Gasteiger partial charge in [0.1, 0.15) is 0 Å². The van der Waals surface area contributed by atoms with Crippen LogP contribution in [-0.2, 0) is 0 Å². The van der Waals surface area contributed by atoms with Crippen molar-refractivity contribution in [3.05, 3.63) is 84.4 Å². The number of rotatable bonds is 2. The van der Waals surface area contributed by atoms with E-state index >= 15 is 0 Å². The minimum Gasteiger partial charge on any atom is -0.355 e. The smallest absolute Gasteiger partial charge is 0.0463 e. The first-order chi connectivity index (χ1) is 10.8. The minimum atomic E-state index is 1.15. The van der Waals surface area contributed by atoms with Gasteiger partial charge in [0.15, 0.2) is 0 Å². The molecule has 4 rings (SSSR count). The Morgan fingerprint density at radius 3 is 2.00 bits per heavy atom. The first kappa shape index (κ1) is 12.9. The number of nitrogens with one attached hydrogen (secondary N) is 1. The van der Waals surface area contributed by atoms with Crippen molar-refractivity contribution >= 4 is 32.9 Å². The van der Waals surface area contributed by atoms with Gasteiger partial charge in [0.25, 0.3) is 0 Å². The quantitative estimate of drug-likeness (QED) is 0.472. The fourth-order valence-electron chi connectivity index (χ4n) is 3.04. The largest absolute Gasteiger partial charge is 0.355 e. The molecule has 4 aromatic carbocycles. The number of fused-ring (bicyclic) bond motifs is 2. The zero-order valence-electron chi connectivity index (χ0n) is 12.5. The topological polar surface area (TPSA) is 12.0 Å². The van der Waals surface area contributed by atoms with Crippen molar-refractivity contribution in [2.45, 2.75) is 6.92 Å². The summed E-state index contributed by atoms with van der Waals surface area (Å²) in [5.74, 6) is 0. The second-order valence-electron chi connectivity index (χ2n) is 5.61. The molecule has 106 valence electrons. The lowest BCUT2D eigenvalue weighted by molar-refractivity contribution is 1.48. The van der Waals surface area contributed by atoms with Gasteiger partial charge < -0.3 is 5.32 Å². The van der Waals surface area contributed by atoms with Crippen LogP contribution in [0.1, 0.15) is 5.56 Å². The molecule has 0 spiro atoms. The van der Waals surface area contributed by atoms with Gasteiger partial charge in [0.2, 0.25) is 0 Å². The summed E-state index contributed by atoms with van der Waals surface area (Å²) in [6.07, 6.45) is 0. The number of anilines is 2. The van der Waals surface area contributed by atoms with E-state index in [1.54, 1.807) is 0 Å². The SMILES string of the molecule is Cc1c(Nc2cccc3ccccc23)ccc2ccccc12. The van der Waals surface area contributed by atoms with E-state index in [9.17, 15) is 0 Å². The van der Waals surface area contributed by atoms with Gasteiger partial charge in [0, 0.05) is 16.8 Å². The molecule has 0 aliphatic carbocycles. The second kappa shape index (κ2) is 5.19. The van der Waals surface area contributed by atoms with Crippen LogP contribution >= 0.6 is 0 Å². The van der Waals surface area contributed by atoms with Crippen LogP contribution in [0.15, 0.2) is 78.9 Å². The highest BCUT2D eigenvalue weighted by Gasteiger charge is 2.05. The zero-order chi connectivity index (χ0) is 14.9. The summed E-state index contributed by atoms with van der Waals surface area (Å²) < 4.78 is 0. The van der Waals surface area contributed by atoms with E-state index in [-0.39, 0.29) is 0 Å². The second-order valence-corrected chi connectivity index (χ2v) is 5.61. The maximum absolute atomic E-state index is 3.61. The molecule has 0 aliphatic rings. The Morgan fingerprint density at radius 1 is 0.545 bits per heavy atom. The van der Waals surface area contributed by atoms with Crippen LogP contribution in [-0.4, -0.2) is 0 Å². The van der Waals surface area contributed by atoms with Gasteiger partial charge in [-0.1, -0.05) is 66.7 Å². The highest BCUT2D eigenvalue weighted by atomic mass is 14.9. The number of aryl methyl sites for hydroxylation is 1. The molecule has 1 nitrogen and oxygen atoms in total. The van der Waals surface area contributed by atoms with Crippen LogP contribution in [0.5, 0.6) is 0 Å².